The molecular formula is C29H35N3O5. The predicted molar refractivity (Wildman–Crippen MR) is 141 cm³/mol. The Kier molecular flexibility index (Phi) is 6.94. The number of rotatable bonds is 5. The van der Waals surface area contributed by atoms with Gasteiger partial charge in [0.1, 0.15) is 5.82 Å². The SMILES string of the molecule is COC(=O)N1c2ccc3c(nc([C@@H](C)[C@@H](O)c4ccccc4)n3[C@@H]3CCC[C@@H](C(=O)O)C3)c2CCC1C. The molecule has 2 aromatic carbocycles. The standard InChI is InChI=1S/C29H35N3O5/c1-17-12-13-22-23(31(17)29(36)37-3)14-15-24-25(22)30-27(18(2)26(33)19-8-5-4-6-9-19)32(24)21-11-7-10-20(16-21)28(34)35/h4-6,8-9,14-15,17-18,20-21,26,33H,7,10-13,16H2,1-3H3,(H,34,35)/t17?,18-,20+,21+,26+/m0/s1. The number of carboxylic acid groups (broad SMARTS) is 1. The Morgan fingerprint density at radius 2 is 1.86 bits per heavy atom. The van der Waals surface area contributed by atoms with Crippen LogP contribution in [0.1, 0.15) is 81.0 Å². The molecule has 0 saturated heterocycles. The number of carboxylic acids is 1. The van der Waals surface area contributed by atoms with Crippen LogP contribution in [0.5, 0.6) is 0 Å². The van der Waals surface area contributed by atoms with E-state index < -0.39 is 24.1 Å². The van der Waals surface area contributed by atoms with E-state index in [0.29, 0.717) is 12.8 Å². The van der Waals surface area contributed by atoms with Crippen LogP contribution in [0.3, 0.4) is 0 Å². The number of aromatic nitrogens is 2. The average Bonchev–Trinajstić information content (AvgIpc) is 3.32. The van der Waals surface area contributed by atoms with Crippen molar-refractivity contribution in [2.75, 3.05) is 12.0 Å². The fourth-order valence-corrected chi connectivity index (χ4v) is 6.20. The number of aliphatic hydroxyl groups excluding tert-OH is 1. The lowest BCUT2D eigenvalue weighted by Crippen LogP contribution is -2.42. The number of anilines is 1. The molecule has 0 radical (unpaired) electrons. The Bertz CT molecular complexity index is 1300. The number of ether oxygens (including phenoxy) is 1. The molecule has 1 unspecified atom stereocenters. The summed E-state index contributed by atoms with van der Waals surface area (Å²) in [6, 6.07) is 13.5. The Hall–Kier alpha value is -3.39. The molecule has 5 atom stereocenters. The minimum atomic E-state index is -0.766. The number of aryl methyl sites for hydroxylation is 1. The van der Waals surface area contributed by atoms with Gasteiger partial charge in [0.2, 0.25) is 0 Å². The molecule has 3 aromatic rings. The van der Waals surface area contributed by atoms with Crippen molar-refractivity contribution in [1.29, 1.82) is 0 Å². The molecule has 1 aliphatic carbocycles. The molecule has 2 N–H and O–H groups in total. The third kappa shape index (κ3) is 4.48. The third-order valence-electron chi connectivity index (χ3n) is 8.24. The summed E-state index contributed by atoms with van der Waals surface area (Å²) in [6.45, 7) is 3.99. The van der Waals surface area contributed by atoms with Crippen LogP contribution in [0.15, 0.2) is 42.5 Å². The van der Waals surface area contributed by atoms with E-state index in [-0.39, 0.29) is 18.0 Å². The quantitative estimate of drug-likeness (QED) is 0.468. The first-order valence-electron chi connectivity index (χ1n) is 13.2. The van der Waals surface area contributed by atoms with Gasteiger partial charge < -0.3 is 19.5 Å². The monoisotopic (exact) mass is 505 g/mol. The number of carbonyl (C=O) groups excluding carboxylic acids is 1. The molecule has 1 fully saturated rings. The lowest BCUT2D eigenvalue weighted by Gasteiger charge is -2.34. The predicted octanol–water partition coefficient (Wildman–Crippen LogP) is 5.60. The maximum atomic E-state index is 12.6. The summed E-state index contributed by atoms with van der Waals surface area (Å²) >= 11 is 0. The van der Waals surface area contributed by atoms with Crippen LogP contribution in [0, 0.1) is 5.92 Å². The summed E-state index contributed by atoms with van der Waals surface area (Å²) in [6.07, 6.45) is 3.30. The fourth-order valence-electron chi connectivity index (χ4n) is 6.20. The highest BCUT2D eigenvalue weighted by molar-refractivity contribution is 5.95. The minimum absolute atomic E-state index is 0.00690. The normalized spacial score (nSPS) is 23.4. The van der Waals surface area contributed by atoms with Gasteiger partial charge in [-0.25, -0.2) is 9.78 Å². The smallest absolute Gasteiger partial charge is 0.414 e. The molecule has 196 valence electrons. The molecular weight excluding hydrogens is 470 g/mol. The topological polar surface area (TPSA) is 105 Å². The zero-order valence-corrected chi connectivity index (χ0v) is 21.6. The van der Waals surface area contributed by atoms with E-state index in [4.69, 9.17) is 9.72 Å². The minimum Gasteiger partial charge on any atom is -0.481 e. The number of hydrogen-bond acceptors (Lipinski definition) is 5. The van der Waals surface area contributed by atoms with Gasteiger partial charge in [-0.1, -0.05) is 43.7 Å². The summed E-state index contributed by atoms with van der Waals surface area (Å²) in [5.41, 5.74) is 4.35. The molecule has 0 spiro atoms. The van der Waals surface area contributed by atoms with Crippen molar-refractivity contribution < 1.29 is 24.5 Å². The lowest BCUT2D eigenvalue weighted by molar-refractivity contribution is -0.143. The number of nitrogens with zero attached hydrogens (tertiary/aromatic N) is 3. The van der Waals surface area contributed by atoms with Gasteiger partial charge in [0.05, 0.1) is 35.9 Å². The number of imidazole rings is 1. The van der Waals surface area contributed by atoms with E-state index >= 15 is 0 Å². The van der Waals surface area contributed by atoms with Crippen LogP contribution in [-0.4, -0.2) is 45.0 Å². The highest BCUT2D eigenvalue weighted by Gasteiger charge is 2.36. The molecule has 2 heterocycles. The summed E-state index contributed by atoms with van der Waals surface area (Å²) in [7, 11) is 1.39. The van der Waals surface area contributed by atoms with E-state index in [2.05, 4.69) is 4.57 Å². The Labute approximate surface area is 216 Å². The van der Waals surface area contributed by atoms with Crippen LogP contribution in [-0.2, 0) is 16.0 Å². The number of fused-ring (bicyclic) bond motifs is 3. The Morgan fingerprint density at radius 3 is 2.57 bits per heavy atom. The highest BCUT2D eigenvalue weighted by Crippen LogP contribution is 2.43. The summed E-state index contributed by atoms with van der Waals surface area (Å²) in [5, 5.41) is 21.1. The van der Waals surface area contributed by atoms with Gasteiger partial charge in [-0.05, 0) is 56.7 Å². The van der Waals surface area contributed by atoms with Gasteiger partial charge in [0.15, 0.2) is 0 Å². The maximum absolute atomic E-state index is 12.6. The summed E-state index contributed by atoms with van der Waals surface area (Å²) < 4.78 is 7.26. The van der Waals surface area contributed by atoms with Gasteiger partial charge >= 0.3 is 12.1 Å². The van der Waals surface area contributed by atoms with E-state index in [1.165, 1.54) is 7.11 Å². The summed E-state index contributed by atoms with van der Waals surface area (Å²) in [5.74, 6) is -0.728. The van der Waals surface area contributed by atoms with Gasteiger partial charge in [0.25, 0.3) is 0 Å². The number of benzene rings is 2. The molecule has 1 amide bonds. The van der Waals surface area contributed by atoms with Crippen LogP contribution >= 0.6 is 0 Å². The van der Waals surface area contributed by atoms with E-state index in [9.17, 15) is 19.8 Å². The highest BCUT2D eigenvalue weighted by atomic mass is 16.5. The second kappa shape index (κ2) is 10.2. The number of carbonyl (C=O) groups is 2. The van der Waals surface area contributed by atoms with Crippen LogP contribution in [0.25, 0.3) is 11.0 Å². The van der Waals surface area contributed by atoms with Crippen LogP contribution in [0.2, 0.25) is 0 Å². The van der Waals surface area contributed by atoms with Crippen molar-refractivity contribution in [3.63, 3.8) is 0 Å². The second-order valence-corrected chi connectivity index (χ2v) is 10.5. The number of amides is 1. The maximum Gasteiger partial charge on any atom is 0.414 e. The molecule has 1 aliphatic heterocycles. The van der Waals surface area contributed by atoms with Crippen LogP contribution < -0.4 is 4.90 Å². The first-order chi connectivity index (χ1) is 17.8. The van der Waals surface area contributed by atoms with E-state index in [1.54, 1.807) is 4.90 Å². The molecule has 5 rings (SSSR count). The molecule has 1 saturated carbocycles. The largest absolute Gasteiger partial charge is 0.481 e. The van der Waals surface area contributed by atoms with E-state index in [0.717, 1.165) is 59.4 Å². The number of aliphatic hydroxyl groups is 1. The zero-order valence-electron chi connectivity index (χ0n) is 21.6. The first-order valence-corrected chi connectivity index (χ1v) is 13.2. The Morgan fingerprint density at radius 1 is 1.11 bits per heavy atom. The van der Waals surface area contributed by atoms with Gasteiger partial charge in [-0.2, -0.15) is 0 Å². The average molecular weight is 506 g/mol. The van der Waals surface area contributed by atoms with Crippen molar-refractivity contribution in [2.24, 2.45) is 5.92 Å². The fraction of sp³-hybridized carbons (Fsp3) is 0.483. The molecule has 8 nitrogen and oxygen atoms in total. The van der Waals surface area contributed by atoms with E-state index in [1.807, 2.05) is 56.3 Å². The molecule has 1 aromatic heterocycles. The Balaban J connectivity index is 1.67. The van der Waals surface area contributed by atoms with Gasteiger partial charge in [-0.15, -0.1) is 0 Å². The molecule has 0 bridgehead atoms. The lowest BCUT2D eigenvalue weighted by atomic mass is 9.85. The van der Waals surface area contributed by atoms with Gasteiger partial charge in [-0.3, -0.25) is 9.69 Å². The number of hydrogen-bond donors (Lipinski definition) is 2. The van der Waals surface area contributed by atoms with Crippen molar-refractivity contribution >= 4 is 28.8 Å². The van der Waals surface area contributed by atoms with Crippen molar-refractivity contribution in [2.45, 2.75) is 76.5 Å². The second-order valence-electron chi connectivity index (χ2n) is 10.5. The van der Waals surface area contributed by atoms with Crippen molar-refractivity contribution in [3.05, 3.63) is 59.4 Å². The van der Waals surface area contributed by atoms with Crippen molar-refractivity contribution in [3.8, 4) is 0 Å². The number of methoxy groups -OCH3 is 1. The first kappa shape index (κ1) is 25.3. The number of aliphatic carboxylic acids is 1. The molecule has 2 aliphatic rings. The summed E-state index contributed by atoms with van der Waals surface area (Å²) in [4.78, 5) is 31.4. The molecule has 8 heteroatoms. The van der Waals surface area contributed by atoms with Crippen molar-refractivity contribution in [1.82, 2.24) is 9.55 Å². The zero-order chi connectivity index (χ0) is 26.3. The van der Waals surface area contributed by atoms with Gasteiger partial charge in [0, 0.05) is 23.6 Å². The van der Waals surface area contributed by atoms with Crippen LogP contribution in [0.4, 0.5) is 10.5 Å². The third-order valence-corrected chi connectivity index (χ3v) is 8.24. The molecule has 37 heavy (non-hydrogen) atoms.